The van der Waals surface area contributed by atoms with Crippen LogP contribution in [0.2, 0.25) is 5.04 Å². The normalized spacial score (nSPS) is 11.8. The van der Waals surface area contributed by atoms with Crippen LogP contribution in [-0.4, -0.2) is 21.9 Å². The molecule has 0 aromatic rings. The third-order valence-corrected chi connectivity index (χ3v) is 3.45. The van der Waals surface area contributed by atoms with Crippen molar-refractivity contribution in [2.75, 3.05) is 6.61 Å². The van der Waals surface area contributed by atoms with Gasteiger partial charge in [-0.3, -0.25) is 4.79 Å². The van der Waals surface area contributed by atoms with Crippen molar-refractivity contribution >= 4 is 15.3 Å². The second-order valence-electron chi connectivity index (χ2n) is 3.98. The van der Waals surface area contributed by atoms with Crippen LogP contribution >= 0.6 is 0 Å². The number of rotatable bonds is 4. The first-order valence-electron chi connectivity index (χ1n) is 4.56. The summed E-state index contributed by atoms with van der Waals surface area (Å²) >= 11 is 0. The lowest BCUT2D eigenvalue weighted by Crippen LogP contribution is -2.34. The van der Waals surface area contributed by atoms with Crippen LogP contribution < -0.4 is 0 Å². The minimum absolute atomic E-state index is 0.0640. The number of hydrogen-bond donors (Lipinski definition) is 0. The van der Waals surface area contributed by atoms with E-state index in [1.807, 2.05) is 27.7 Å². The number of hydrogen-bond acceptors (Lipinski definition) is 3. The van der Waals surface area contributed by atoms with Gasteiger partial charge < -0.3 is 8.85 Å². The lowest BCUT2D eigenvalue weighted by atomic mass is 10.3. The van der Waals surface area contributed by atoms with Gasteiger partial charge in [0.2, 0.25) is 0 Å². The lowest BCUT2D eigenvalue weighted by molar-refractivity contribution is -0.133. The predicted molar refractivity (Wildman–Crippen MR) is 53.5 cm³/mol. The van der Waals surface area contributed by atoms with Crippen molar-refractivity contribution in [3.63, 3.8) is 0 Å². The minimum Gasteiger partial charge on any atom is -0.492 e. The van der Waals surface area contributed by atoms with E-state index in [-0.39, 0.29) is 11.0 Å². The summed E-state index contributed by atoms with van der Waals surface area (Å²) in [5.74, 6) is -0.250. The molecule has 0 atom stereocenters. The summed E-state index contributed by atoms with van der Waals surface area (Å²) in [4.78, 5) is 10.8. The highest BCUT2D eigenvalue weighted by atomic mass is 28.3. The third kappa shape index (κ3) is 5.82. The summed E-state index contributed by atoms with van der Waals surface area (Å²) in [6.07, 6.45) is 0.950. The van der Waals surface area contributed by atoms with E-state index in [0.29, 0.717) is 6.61 Å². The molecule has 0 unspecified atom stereocenters. The molecule has 0 N–H and O–H groups in total. The van der Waals surface area contributed by atoms with E-state index < -0.39 is 9.28 Å². The molecule has 0 aromatic heterocycles. The first kappa shape index (κ1) is 12.6. The van der Waals surface area contributed by atoms with E-state index in [1.54, 1.807) is 0 Å². The van der Waals surface area contributed by atoms with Crippen molar-refractivity contribution < 1.29 is 13.6 Å². The molecule has 0 heterocycles. The molecule has 0 aliphatic carbocycles. The molecule has 0 bridgehead atoms. The van der Waals surface area contributed by atoms with Crippen LogP contribution in [0.25, 0.3) is 0 Å². The van der Waals surface area contributed by atoms with Crippen molar-refractivity contribution in [3.8, 4) is 0 Å². The van der Waals surface area contributed by atoms with Gasteiger partial charge in [0.15, 0.2) is 0 Å². The van der Waals surface area contributed by atoms with Crippen molar-refractivity contribution in [2.24, 2.45) is 0 Å². The largest absolute Gasteiger partial charge is 0.492 e. The standard InChI is InChI=1S/C9H19O3Si/c1-6-7-11-13(9(3,4)5)12-8(2)10/h6-7H2,1-5H3. The molecule has 13 heavy (non-hydrogen) atoms. The highest BCUT2D eigenvalue weighted by molar-refractivity contribution is 6.50. The van der Waals surface area contributed by atoms with Crippen molar-refractivity contribution in [1.82, 2.24) is 0 Å². The van der Waals surface area contributed by atoms with Crippen molar-refractivity contribution in [2.45, 2.75) is 46.1 Å². The molecule has 0 saturated heterocycles. The fourth-order valence-corrected chi connectivity index (χ4v) is 2.17. The molecule has 0 rings (SSSR count). The molecular weight excluding hydrogens is 184 g/mol. The summed E-state index contributed by atoms with van der Waals surface area (Å²) in [7, 11) is -1.47. The third-order valence-electron chi connectivity index (χ3n) is 1.29. The van der Waals surface area contributed by atoms with E-state index in [9.17, 15) is 4.79 Å². The van der Waals surface area contributed by atoms with E-state index in [4.69, 9.17) is 8.85 Å². The second-order valence-corrected chi connectivity index (χ2v) is 6.55. The fourth-order valence-electron chi connectivity index (χ4n) is 0.724. The molecule has 77 valence electrons. The SMILES string of the molecule is CCCO[Si](OC(C)=O)C(C)(C)C. The van der Waals surface area contributed by atoms with E-state index in [1.165, 1.54) is 6.92 Å². The van der Waals surface area contributed by atoms with Gasteiger partial charge in [0.05, 0.1) is 0 Å². The van der Waals surface area contributed by atoms with Gasteiger partial charge in [0.25, 0.3) is 5.97 Å². The summed E-state index contributed by atoms with van der Waals surface area (Å²) in [5.41, 5.74) is 0. The quantitative estimate of drug-likeness (QED) is 0.657. The molecule has 0 fully saturated rings. The van der Waals surface area contributed by atoms with Crippen LogP contribution in [-0.2, 0) is 13.6 Å². The Bertz CT molecular complexity index is 163. The van der Waals surface area contributed by atoms with Gasteiger partial charge >= 0.3 is 9.28 Å². The Morgan fingerprint density at radius 1 is 1.38 bits per heavy atom. The van der Waals surface area contributed by atoms with Gasteiger partial charge in [0, 0.05) is 18.6 Å². The predicted octanol–water partition coefficient (Wildman–Crippen LogP) is 2.26. The monoisotopic (exact) mass is 203 g/mol. The highest BCUT2D eigenvalue weighted by Crippen LogP contribution is 2.28. The maximum absolute atomic E-state index is 10.8. The molecule has 0 aliphatic rings. The zero-order chi connectivity index (χ0) is 10.5. The fraction of sp³-hybridized carbons (Fsp3) is 0.889. The van der Waals surface area contributed by atoms with Crippen molar-refractivity contribution in [1.29, 1.82) is 0 Å². The minimum atomic E-state index is -1.47. The molecule has 3 nitrogen and oxygen atoms in total. The van der Waals surface area contributed by atoms with Gasteiger partial charge in [-0.15, -0.1) is 0 Å². The summed E-state index contributed by atoms with van der Waals surface area (Å²) in [6, 6.07) is 0. The molecule has 1 radical (unpaired) electrons. The molecule has 0 spiro atoms. The second kappa shape index (κ2) is 5.39. The Morgan fingerprint density at radius 2 is 1.92 bits per heavy atom. The average Bonchev–Trinajstić information content (AvgIpc) is 1.95. The zero-order valence-corrected chi connectivity index (χ0v) is 10.1. The van der Waals surface area contributed by atoms with Gasteiger partial charge in [-0.2, -0.15) is 0 Å². The first-order valence-corrected chi connectivity index (χ1v) is 5.88. The Balaban J connectivity index is 4.11. The number of carbonyl (C=O) groups is 1. The van der Waals surface area contributed by atoms with Crippen LogP contribution in [0, 0.1) is 0 Å². The van der Waals surface area contributed by atoms with Crippen molar-refractivity contribution in [3.05, 3.63) is 0 Å². The Morgan fingerprint density at radius 3 is 2.23 bits per heavy atom. The topological polar surface area (TPSA) is 35.5 Å². The van der Waals surface area contributed by atoms with E-state index in [0.717, 1.165) is 6.42 Å². The Labute approximate surface area is 82.3 Å². The van der Waals surface area contributed by atoms with Gasteiger partial charge in [-0.1, -0.05) is 27.7 Å². The lowest BCUT2D eigenvalue weighted by Gasteiger charge is -2.25. The molecule has 0 aromatic carbocycles. The number of carbonyl (C=O) groups excluding carboxylic acids is 1. The maximum atomic E-state index is 10.8. The van der Waals surface area contributed by atoms with Gasteiger partial charge in [-0.05, 0) is 6.42 Å². The van der Waals surface area contributed by atoms with Crippen LogP contribution in [0.4, 0.5) is 0 Å². The summed E-state index contributed by atoms with van der Waals surface area (Å²) in [5, 5.41) is -0.0640. The molecule has 0 amide bonds. The van der Waals surface area contributed by atoms with E-state index >= 15 is 0 Å². The Hall–Kier alpha value is -0.353. The smallest absolute Gasteiger partial charge is 0.465 e. The van der Waals surface area contributed by atoms with Gasteiger partial charge in [0.1, 0.15) is 0 Å². The zero-order valence-electron chi connectivity index (χ0n) is 9.14. The molecule has 0 aliphatic heterocycles. The average molecular weight is 203 g/mol. The maximum Gasteiger partial charge on any atom is 0.465 e. The van der Waals surface area contributed by atoms with E-state index in [2.05, 4.69) is 0 Å². The Kier molecular flexibility index (Phi) is 5.25. The summed E-state index contributed by atoms with van der Waals surface area (Å²) < 4.78 is 10.7. The van der Waals surface area contributed by atoms with Crippen LogP contribution in [0.1, 0.15) is 41.0 Å². The summed E-state index contributed by atoms with van der Waals surface area (Å²) in [6.45, 7) is 10.2. The molecular formula is C9H19O3Si. The highest BCUT2D eigenvalue weighted by Gasteiger charge is 2.34. The molecule has 4 heteroatoms. The van der Waals surface area contributed by atoms with Crippen LogP contribution in [0.15, 0.2) is 0 Å². The first-order chi connectivity index (χ1) is 5.88. The molecule has 0 saturated carbocycles. The van der Waals surface area contributed by atoms with Crippen LogP contribution in [0.5, 0.6) is 0 Å². The van der Waals surface area contributed by atoms with Crippen LogP contribution in [0.3, 0.4) is 0 Å². The van der Waals surface area contributed by atoms with Gasteiger partial charge in [-0.25, -0.2) is 0 Å².